The van der Waals surface area contributed by atoms with E-state index < -0.39 is 6.36 Å². The number of hydrogen-bond acceptors (Lipinski definition) is 4. The molecule has 2 aromatic rings. The molecule has 0 bridgehead atoms. The molecule has 1 aliphatic rings. The van der Waals surface area contributed by atoms with Crippen LogP contribution in [0.4, 0.5) is 13.2 Å². The summed E-state index contributed by atoms with van der Waals surface area (Å²) in [7, 11) is 0. The Labute approximate surface area is 184 Å². The quantitative estimate of drug-likeness (QED) is 0.473. The Bertz CT molecular complexity index is 874. The van der Waals surface area contributed by atoms with Crippen LogP contribution in [0.3, 0.4) is 0 Å². The number of ether oxygens (including phenoxy) is 2. The van der Waals surface area contributed by atoms with Crippen molar-refractivity contribution in [3.63, 3.8) is 0 Å². The lowest BCUT2D eigenvalue weighted by Gasteiger charge is -2.31. The fraction of sp³-hybridized carbons (Fsp3) is 0.348. The Morgan fingerprint density at radius 2 is 1.65 bits per heavy atom. The zero-order chi connectivity index (χ0) is 22.3. The Balaban J connectivity index is 1.47. The average Bonchev–Trinajstić information content (AvgIpc) is 2.75. The topological polar surface area (TPSA) is 38.8 Å². The van der Waals surface area contributed by atoms with Gasteiger partial charge in [-0.25, -0.2) is 0 Å². The third-order valence-electron chi connectivity index (χ3n) is 5.10. The molecule has 31 heavy (non-hydrogen) atoms. The van der Waals surface area contributed by atoms with Crippen LogP contribution in [0.1, 0.15) is 28.8 Å². The van der Waals surface area contributed by atoms with Crippen LogP contribution in [-0.4, -0.2) is 36.7 Å². The molecule has 1 heterocycles. The first-order valence-corrected chi connectivity index (χ1v) is 10.4. The standard InChI is InChI=1S/C23H23ClF3NO3/c24-12-1-15-30-20-6-2-17(3-7-20)16-28-13-10-19(11-14-28)22(29)18-4-8-21(9-5-18)31-23(25,26)27/h1-9,12,19H,10-11,13-16H2/b12-1-. The van der Waals surface area contributed by atoms with E-state index in [0.717, 1.165) is 30.9 Å². The van der Waals surface area contributed by atoms with Gasteiger partial charge in [-0.1, -0.05) is 23.7 Å². The van der Waals surface area contributed by atoms with Crippen LogP contribution in [0.2, 0.25) is 0 Å². The molecule has 0 atom stereocenters. The van der Waals surface area contributed by atoms with Crippen molar-refractivity contribution < 1.29 is 27.4 Å². The Hall–Kier alpha value is -2.51. The van der Waals surface area contributed by atoms with Crippen molar-refractivity contribution in [1.29, 1.82) is 0 Å². The molecule has 1 aliphatic heterocycles. The third-order valence-corrected chi connectivity index (χ3v) is 5.27. The minimum atomic E-state index is -4.74. The van der Waals surface area contributed by atoms with E-state index >= 15 is 0 Å². The summed E-state index contributed by atoms with van der Waals surface area (Å²) in [6.45, 7) is 2.77. The summed E-state index contributed by atoms with van der Waals surface area (Å²) in [6.07, 6.45) is -1.60. The predicted octanol–water partition coefficient (Wildman–Crippen LogP) is 5.81. The molecular formula is C23H23ClF3NO3. The average molecular weight is 454 g/mol. The van der Waals surface area contributed by atoms with Crippen LogP contribution in [0.15, 0.2) is 60.1 Å². The largest absolute Gasteiger partial charge is 0.573 e. The Kier molecular flexibility index (Phi) is 7.98. The number of nitrogens with zero attached hydrogens (tertiary/aromatic N) is 1. The lowest BCUT2D eigenvalue weighted by molar-refractivity contribution is -0.274. The summed E-state index contributed by atoms with van der Waals surface area (Å²) in [5.41, 5.74) is 2.98. The summed E-state index contributed by atoms with van der Waals surface area (Å²) in [5, 5.41) is 0. The molecule has 2 aromatic carbocycles. The van der Waals surface area contributed by atoms with Gasteiger partial charge in [-0.2, -0.15) is 0 Å². The number of ketones is 1. The van der Waals surface area contributed by atoms with Crippen molar-refractivity contribution in [2.75, 3.05) is 19.7 Å². The molecule has 0 radical (unpaired) electrons. The number of likely N-dealkylation sites (tertiary alicyclic amines) is 1. The van der Waals surface area contributed by atoms with E-state index in [1.807, 2.05) is 24.3 Å². The highest BCUT2D eigenvalue weighted by molar-refractivity contribution is 6.25. The molecule has 4 nitrogen and oxygen atoms in total. The van der Waals surface area contributed by atoms with Gasteiger partial charge < -0.3 is 9.47 Å². The molecule has 1 fully saturated rings. The zero-order valence-electron chi connectivity index (χ0n) is 16.8. The van der Waals surface area contributed by atoms with E-state index in [1.165, 1.54) is 29.8 Å². The first-order valence-electron chi connectivity index (χ1n) is 9.93. The normalized spacial score (nSPS) is 15.9. The van der Waals surface area contributed by atoms with Gasteiger partial charge in [0.05, 0.1) is 0 Å². The van der Waals surface area contributed by atoms with E-state index in [2.05, 4.69) is 9.64 Å². The smallest absolute Gasteiger partial charge is 0.490 e. The summed E-state index contributed by atoms with van der Waals surface area (Å²) in [6, 6.07) is 13.0. The van der Waals surface area contributed by atoms with Gasteiger partial charge in [0.25, 0.3) is 0 Å². The van der Waals surface area contributed by atoms with Crippen LogP contribution >= 0.6 is 11.6 Å². The highest BCUT2D eigenvalue weighted by Crippen LogP contribution is 2.26. The number of rotatable bonds is 8. The van der Waals surface area contributed by atoms with Crippen LogP contribution in [0, 0.1) is 5.92 Å². The number of Topliss-reactive ketones (excluding diaryl/α,β-unsaturated/α-hetero) is 1. The summed E-state index contributed by atoms with van der Waals surface area (Å²) < 4.78 is 46.1. The maximum atomic E-state index is 12.7. The van der Waals surface area contributed by atoms with Crippen LogP contribution in [-0.2, 0) is 6.54 Å². The fourth-order valence-corrected chi connectivity index (χ4v) is 3.61. The van der Waals surface area contributed by atoms with E-state index in [9.17, 15) is 18.0 Å². The Morgan fingerprint density at radius 3 is 2.23 bits per heavy atom. The number of carbonyl (C=O) groups is 1. The van der Waals surface area contributed by atoms with Crippen molar-refractivity contribution in [2.24, 2.45) is 5.92 Å². The van der Waals surface area contributed by atoms with Crippen molar-refractivity contribution in [3.05, 3.63) is 71.3 Å². The molecule has 1 saturated heterocycles. The van der Waals surface area contributed by atoms with Gasteiger partial charge in [-0.05, 0) is 74.0 Å². The third kappa shape index (κ3) is 7.29. The minimum Gasteiger partial charge on any atom is -0.490 e. The molecule has 0 saturated carbocycles. The lowest BCUT2D eigenvalue weighted by Crippen LogP contribution is -2.35. The number of piperidine rings is 1. The maximum Gasteiger partial charge on any atom is 0.573 e. The summed E-state index contributed by atoms with van der Waals surface area (Å²) in [5.74, 6) is 0.280. The molecule has 0 aliphatic carbocycles. The van der Waals surface area contributed by atoms with E-state index in [4.69, 9.17) is 16.3 Å². The fourth-order valence-electron chi connectivity index (χ4n) is 3.54. The van der Waals surface area contributed by atoms with Crippen molar-refractivity contribution >= 4 is 17.4 Å². The minimum absolute atomic E-state index is 0.0364. The van der Waals surface area contributed by atoms with Crippen molar-refractivity contribution in [2.45, 2.75) is 25.7 Å². The number of alkyl halides is 3. The van der Waals surface area contributed by atoms with Crippen molar-refractivity contribution in [1.82, 2.24) is 4.90 Å². The predicted molar refractivity (Wildman–Crippen MR) is 112 cm³/mol. The van der Waals surface area contributed by atoms with Crippen LogP contribution in [0.25, 0.3) is 0 Å². The number of hydrogen-bond donors (Lipinski definition) is 0. The summed E-state index contributed by atoms with van der Waals surface area (Å²) in [4.78, 5) is 15.0. The molecular weight excluding hydrogens is 431 g/mol. The van der Waals surface area contributed by atoms with Crippen molar-refractivity contribution in [3.8, 4) is 11.5 Å². The number of benzene rings is 2. The van der Waals surface area contributed by atoms with Crippen LogP contribution in [0.5, 0.6) is 11.5 Å². The van der Waals surface area contributed by atoms with E-state index in [0.29, 0.717) is 25.0 Å². The molecule has 166 valence electrons. The zero-order valence-corrected chi connectivity index (χ0v) is 17.5. The Morgan fingerprint density at radius 1 is 1.03 bits per heavy atom. The van der Waals surface area contributed by atoms with Gasteiger partial charge >= 0.3 is 6.36 Å². The number of halogens is 4. The first-order chi connectivity index (χ1) is 14.8. The number of carbonyl (C=O) groups excluding carboxylic acids is 1. The molecule has 0 amide bonds. The van der Waals surface area contributed by atoms with Gasteiger partial charge in [0, 0.05) is 23.6 Å². The monoisotopic (exact) mass is 453 g/mol. The summed E-state index contributed by atoms with van der Waals surface area (Å²) >= 11 is 5.46. The first kappa shape index (κ1) is 23.2. The van der Waals surface area contributed by atoms with Gasteiger partial charge in [-0.15, -0.1) is 13.2 Å². The molecule has 0 spiro atoms. The molecule has 0 N–H and O–H groups in total. The maximum absolute atomic E-state index is 12.7. The molecule has 8 heteroatoms. The lowest BCUT2D eigenvalue weighted by atomic mass is 9.88. The second kappa shape index (κ2) is 10.7. The molecule has 0 aromatic heterocycles. The van der Waals surface area contributed by atoms with Crippen LogP contribution < -0.4 is 9.47 Å². The van der Waals surface area contributed by atoms with Gasteiger partial charge in [0.1, 0.15) is 18.1 Å². The molecule has 3 rings (SSSR count). The second-order valence-electron chi connectivity index (χ2n) is 7.30. The highest BCUT2D eigenvalue weighted by Gasteiger charge is 2.31. The highest BCUT2D eigenvalue weighted by atomic mass is 35.5. The SMILES string of the molecule is O=C(c1ccc(OC(F)(F)F)cc1)C1CCN(Cc2ccc(OC/C=C\Cl)cc2)CC1. The van der Waals surface area contributed by atoms with E-state index in [1.54, 1.807) is 6.08 Å². The van der Waals surface area contributed by atoms with E-state index in [-0.39, 0.29) is 17.5 Å². The van der Waals surface area contributed by atoms with Gasteiger partial charge in [-0.3, -0.25) is 9.69 Å². The second-order valence-corrected chi connectivity index (χ2v) is 7.56. The molecule has 0 unspecified atom stereocenters. The van der Waals surface area contributed by atoms with Gasteiger partial charge in [0.15, 0.2) is 5.78 Å². The van der Waals surface area contributed by atoms with Gasteiger partial charge in [0.2, 0.25) is 0 Å².